The third kappa shape index (κ3) is 5.84. The molecule has 1 N–H and O–H groups in total. The van der Waals surface area contributed by atoms with Gasteiger partial charge in [0.2, 0.25) is 0 Å². The Labute approximate surface area is 112 Å². The molecule has 0 amide bonds. The summed E-state index contributed by atoms with van der Waals surface area (Å²) in [5, 5.41) is 19.0. The van der Waals surface area contributed by atoms with Gasteiger partial charge in [0.1, 0.15) is 0 Å². The summed E-state index contributed by atoms with van der Waals surface area (Å²) in [5.74, 6) is 0. The molecule has 0 saturated carbocycles. The van der Waals surface area contributed by atoms with Gasteiger partial charge in [-0.15, -0.1) is 0 Å². The largest absolute Gasteiger partial charge is 0.390 e. The molecule has 0 spiro atoms. The van der Waals surface area contributed by atoms with E-state index in [2.05, 4.69) is 11.0 Å². The second-order valence-electron chi connectivity index (χ2n) is 6.64. The number of hydrogen-bond donors (Lipinski definition) is 1. The van der Waals surface area contributed by atoms with Crippen LogP contribution in [-0.4, -0.2) is 35.2 Å². The first-order chi connectivity index (χ1) is 8.35. The molecular weight excluding hydrogens is 224 g/mol. The van der Waals surface area contributed by atoms with Gasteiger partial charge in [0.05, 0.1) is 17.1 Å². The Morgan fingerprint density at radius 3 is 2.67 bits per heavy atom. The molecule has 1 aliphatic heterocycles. The van der Waals surface area contributed by atoms with E-state index in [9.17, 15) is 5.11 Å². The van der Waals surface area contributed by atoms with Crippen LogP contribution in [0.4, 0.5) is 0 Å². The van der Waals surface area contributed by atoms with Crippen LogP contribution in [0.3, 0.4) is 0 Å². The molecule has 1 aliphatic rings. The van der Waals surface area contributed by atoms with Gasteiger partial charge < -0.3 is 10.0 Å². The van der Waals surface area contributed by atoms with Crippen LogP contribution < -0.4 is 0 Å². The highest BCUT2D eigenvalue weighted by molar-refractivity contribution is 4.91. The quantitative estimate of drug-likeness (QED) is 0.765. The predicted octanol–water partition coefficient (Wildman–Crippen LogP) is 2.94. The number of likely N-dealkylation sites (tertiary alicyclic amines) is 1. The zero-order valence-electron chi connectivity index (χ0n) is 12.2. The summed E-state index contributed by atoms with van der Waals surface area (Å²) in [6.07, 6.45) is 6.16. The number of rotatable bonds is 5. The Balaban J connectivity index is 2.19. The van der Waals surface area contributed by atoms with E-state index in [4.69, 9.17) is 5.26 Å². The molecule has 3 heteroatoms. The van der Waals surface area contributed by atoms with Gasteiger partial charge in [-0.25, -0.2) is 0 Å². The van der Waals surface area contributed by atoms with Crippen LogP contribution >= 0.6 is 0 Å². The van der Waals surface area contributed by atoms with E-state index in [1.54, 1.807) is 0 Å². The maximum Gasteiger partial charge on any atom is 0.0683 e. The molecule has 1 heterocycles. The van der Waals surface area contributed by atoms with Crippen LogP contribution in [0, 0.1) is 16.7 Å². The van der Waals surface area contributed by atoms with Gasteiger partial charge in [-0.3, -0.25) is 0 Å². The zero-order chi connectivity index (χ0) is 13.6. The minimum atomic E-state index is -0.461. The Kier molecular flexibility index (Phi) is 5.62. The summed E-state index contributed by atoms with van der Waals surface area (Å²) in [7, 11) is 0. The van der Waals surface area contributed by atoms with Crippen molar-refractivity contribution >= 4 is 0 Å². The molecule has 0 radical (unpaired) electrons. The highest BCUT2D eigenvalue weighted by Crippen LogP contribution is 2.23. The Hall–Kier alpha value is -0.590. The summed E-state index contributed by atoms with van der Waals surface area (Å²) in [6, 6.07) is 2.35. The molecule has 18 heavy (non-hydrogen) atoms. The fraction of sp³-hybridized carbons (Fsp3) is 0.933. The highest BCUT2D eigenvalue weighted by atomic mass is 16.3. The summed E-state index contributed by atoms with van der Waals surface area (Å²) < 4.78 is 0. The molecule has 1 atom stereocenters. The Morgan fingerprint density at radius 2 is 2.00 bits per heavy atom. The third-order valence-corrected chi connectivity index (χ3v) is 3.99. The minimum absolute atomic E-state index is 0.178. The molecule has 0 aromatic heterocycles. The van der Waals surface area contributed by atoms with Crippen molar-refractivity contribution in [2.45, 2.75) is 64.9 Å². The summed E-state index contributed by atoms with van der Waals surface area (Å²) in [5.41, 5.74) is -0.639. The topological polar surface area (TPSA) is 47.3 Å². The van der Waals surface area contributed by atoms with E-state index >= 15 is 0 Å². The second-order valence-corrected chi connectivity index (χ2v) is 6.64. The van der Waals surface area contributed by atoms with Crippen LogP contribution in [-0.2, 0) is 0 Å². The molecular formula is C15H28N2O. The van der Waals surface area contributed by atoms with Gasteiger partial charge in [-0.05, 0) is 66.0 Å². The van der Waals surface area contributed by atoms with Crippen molar-refractivity contribution in [2.75, 3.05) is 19.6 Å². The molecule has 0 aromatic rings. The van der Waals surface area contributed by atoms with E-state index in [0.717, 1.165) is 58.2 Å². The van der Waals surface area contributed by atoms with Gasteiger partial charge in [0.25, 0.3) is 0 Å². The number of nitrogens with zero attached hydrogens (tertiary/aromatic N) is 2. The molecule has 1 saturated heterocycles. The molecule has 0 aliphatic carbocycles. The smallest absolute Gasteiger partial charge is 0.0683 e. The van der Waals surface area contributed by atoms with Crippen molar-refractivity contribution in [3.05, 3.63) is 0 Å². The molecule has 104 valence electrons. The predicted molar refractivity (Wildman–Crippen MR) is 74.2 cm³/mol. The number of aliphatic hydroxyl groups is 1. The lowest BCUT2D eigenvalue weighted by atomic mass is 9.89. The lowest BCUT2D eigenvalue weighted by molar-refractivity contribution is 0.0446. The van der Waals surface area contributed by atoms with E-state index < -0.39 is 5.60 Å². The van der Waals surface area contributed by atoms with Crippen LogP contribution in [0.1, 0.15) is 59.3 Å². The normalized spacial score (nSPS) is 26.6. The highest BCUT2D eigenvalue weighted by Gasteiger charge is 2.24. The van der Waals surface area contributed by atoms with Crippen molar-refractivity contribution in [2.24, 2.45) is 5.41 Å². The van der Waals surface area contributed by atoms with Crippen LogP contribution in [0.15, 0.2) is 0 Å². The molecule has 0 aromatic carbocycles. The molecule has 1 unspecified atom stereocenters. The maximum atomic E-state index is 10.0. The van der Waals surface area contributed by atoms with Crippen molar-refractivity contribution in [3.63, 3.8) is 0 Å². The average molecular weight is 252 g/mol. The third-order valence-electron chi connectivity index (χ3n) is 3.99. The van der Waals surface area contributed by atoms with Crippen molar-refractivity contribution in [1.29, 1.82) is 5.26 Å². The standard InChI is InChI=1S/C15H28N2O/c1-14(2,13-16)7-4-5-10-17-11-6-8-15(3,18)9-12-17/h18H,4-12H2,1-3H3. The summed E-state index contributed by atoms with van der Waals surface area (Å²) in [6.45, 7) is 9.20. The number of unbranched alkanes of at least 4 members (excludes halogenated alkanes) is 1. The van der Waals surface area contributed by atoms with Crippen LogP contribution in [0.5, 0.6) is 0 Å². The van der Waals surface area contributed by atoms with Crippen molar-refractivity contribution in [3.8, 4) is 6.07 Å². The van der Waals surface area contributed by atoms with Crippen LogP contribution in [0.25, 0.3) is 0 Å². The monoisotopic (exact) mass is 252 g/mol. The van der Waals surface area contributed by atoms with Gasteiger partial charge in [-0.2, -0.15) is 5.26 Å². The van der Waals surface area contributed by atoms with Gasteiger partial charge >= 0.3 is 0 Å². The Morgan fingerprint density at radius 1 is 1.28 bits per heavy atom. The van der Waals surface area contributed by atoms with Gasteiger partial charge in [-0.1, -0.05) is 6.42 Å². The van der Waals surface area contributed by atoms with Gasteiger partial charge in [0, 0.05) is 6.54 Å². The van der Waals surface area contributed by atoms with E-state index in [-0.39, 0.29) is 5.41 Å². The first-order valence-corrected chi connectivity index (χ1v) is 7.21. The molecule has 1 fully saturated rings. The zero-order valence-corrected chi connectivity index (χ0v) is 12.2. The van der Waals surface area contributed by atoms with Gasteiger partial charge in [0.15, 0.2) is 0 Å². The first-order valence-electron chi connectivity index (χ1n) is 7.21. The number of hydrogen-bond acceptors (Lipinski definition) is 3. The van der Waals surface area contributed by atoms with Crippen molar-refractivity contribution in [1.82, 2.24) is 4.90 Å². The molecule has 0 bridgehead atoms. The lowest BCUT2D eigenvalue weighted by Crippen LogP contribution is -2.29. The fourth-order valence-electron chi connectivity index (χ4n) is 2.50. The SMILES string of the molecule is CC(C)(C#N)CCCCN1CCCC(C)(O)CC1. The second kappa shape index (κ2) is 6.54. The van der Waals surface area contributed by atoms with Crippen LogP contribution in [0.2, 0.25) is 0 Å². The van der Waals surface area contributed by atoms with Crippen molar-refractivity contribution < 1.29 is 5.11 Å². The number of nitriles is 1. The maximum absolute atomic E-state index is 10.0. The van der Waals surface area contributed by atoms with E-state index in [0.29, 0.717) is 0 Å². The van der Waals surface area contributed by atoms with E-state index in [1.807, 2.05) is 20.8 Å². The summed E-state index contributed by atoms with van der Waals surface area (Å²) >= 11 is 0. The average Bonchev–Trinajstić information content (AvgIpc) is 2.46. The summed E-state index contributed by atoms with van der Waals surface area (Å²) in [4.78, 5) is 2.46. The lowest BCUT2D eigenvalue weighted by Gasteiger charge is -2.22. The molecule has 3 nitrogen and oxygen atoms in total. The molecule has 1 rings (SSSR count). The fourth-order valence-corrected chi connectivity index (χ4v) is 2.50. The van der Waals surface area contributed by atoms with E-state index in [1.165, 1.54) is 0 Å². The Bertz CT molecular complexity index is 291. The first kappa shape index (κ1) is 15.5. The minimum Gasteiger partial charge on any atom is -0.390 e.